The Bertz CT molecular complexity index is 492. The molecule has 0 amide bonds. The zero-order valence-electron chi connectivity index (χ0n) is 12.8. The minimum atomic E-state index is -0.691. The van der Waals surface area contributed by atoms with Crippen LogP contribution in [-0.2, 0) is 4.74 Å². The first kappa shape index (κ1) is 15.9. The van der Waals surface area contributed by atoms with Crippen LogP contribution in [0.2, 0.25) is 0 Å². The van der Waals surface area contributed by atoms with Gasteiger partial charge in [0, 0.05) is 25.8 Å². The van der Waals surface area contributed by atoms with E-state index < -0.39 is 11.6 Å². The molecule has 1 unspecified atom stereocenters. The first-order chi connectivity index (χ1) is 10.0. The van der Waals surface area contributed by atoms with Crippen LogP contribution in [0, 0.1) is 11.6 Å². The van der Waals surface area contributed by atoms with E-state index in [1.165, 1.54) is 0 Å². The summed E-state index contributed by atoms with van der Waals surface area (Å²) in [6.07, 6.45) is 3.42. The molecule has 6 heteroatoms. The fraction of sp³-hybridized carbons (Fsp3) is 0.667. The van der Waals surface area contributed by atoms with E-state index in [4.69, 9.17) is 4.74 Å². The van der Waals surface area contributed by atoms with Crippen LogP contribution in [-0.4, -0.2) is 30.3 Å². The molecule has 0 saturated carbocycles. The standard InChI is InChI=1S/C15H23F2N3O/c1-4-15(5-2)9-10(6-7-21-15)19-14-12(17)8-11(16)13(18-3)20-14/h8,10H,4-7,9H2,1-3H3,(H2,18,19,20). The monoisotopic (exact) mass is 299 g/mol. The molecule has 1 fully saturated rings. The Hall–Kier alpha value is -1.43. The molecule has 4 nitrogen and oxygen atoms in total. The van der Waals surface area contributed by atoms with Crippen molar-refractivity contribution in [3.63, 3.8) is 0 Å². The second-order valence-electron chi connectivity index (χ2n) is 5.47. The van der Waals surface area contributed by atoms with Crippen molar-refractivity contribution in [1.82, 2.24) is 4.98 Å². The van der Waals surface area contributed by atoms with Crippen molar-refractivity contribution in [2.45, 2.75) is 51.2 Å². The largest absolute Gasteiger partial charge is 0.375 e. The number of hydrogen-bond donors (Lipinski definition) is 2. The van der Waals surface area contributed by atoms with E-state index in [0.717, 1.165) is 31.7 Å². The van der Waals surface area contributed by atoms with Gasteiger partial charge in [0.25, 0.3) is 0 Å². The molecule has 1 aromatic rings. The molecule has 0 spiro atoms. The zero-order valence-corrected chi connectivity index (χ0v) is 12.8. The first-order valence-corrected chi connectivity index (χ1v) is 7.48. The summed E-state index contributed by atoms with van der Waals surface area (Å²) in [5, 5.41) is 5.72. The number of ether oxygens (including phenoxy) is 1. The Morgan fingerprint density at radius 3 is 2.57 bits per heavy atom. The average Bonchev–Trinajstić information content (AvgIpc) is 2.50. The highest BCUT2D eigenvalue weighted by molar-refractivity contribution is 5.47. The highest BCUT2D eigenvalue weighted by Crippen LogP contribution is 2.33. The third-order valence-corrected chi connectivity index (χ3v) is 4.29. The predicted molar refractivity (Wildman–Crippen MR) is 79.6 cm³/mol. The molecule has 2 heterocycles. The normalized spacial score (nSPS) is 21.1. The van der Waals surface area contributed by atoms with Gasteiger partial charge >= 0.3 is 0 Å². The lowest BCUT2D eigenvalue weighted by atomic mass is 9.86. The Balaban J connectivity index is 2.14. The fourth-order valence-corrected chi connectivity index (χ4v) is 2.83. The van der Waals surface area contributed by atoms with E-state index in [2.05, 4.69) is 29.5 Å². The average molecular weight is 299 g/mol. The molecule has 1 aromatic heterocycles. The lowest BCUT2D eigenvalue weighted by Crippen LogP contribution is -2.43. The van der Waals surface area contributed by atoms with E-state index in [9.17, 15) is 8.78 Å². The van der Waals surface area contributed by atoms with Gasteiger partial charge in [-0.1, -0.05) is 13.8 Å². The highest BCUT2D eigenvalue weighted by atomic mass is 19.1. The van der Waals surface area contributed by atoms with Crippen molar-refractivity contribution in [3.05, 3.63) is 17.7 Å². The van der Waals surface area contributed by atoms with Crippen molar-refractivity contribution in [1.29, 1.82) is 0 Å². The SMILES string of the molecule is CCC1(CC)CC(Nc2nc(NC)c(F)cc2F)CCO1. The second-order valence-corrected chi connectivity index (χ2v) is 5.47. The maximum absolute atomic E-state index is 13.9. The predicted octanol–water partition coefficient (Wildman–Crippen LogP) is 3.55. The number of pyridine rings is 1. The molecule has 0 bridgehead atoms. The topological polar surface area (TPSA) is 46.2 Å². The fourth-order valence-electron chi connectivity index (χ4n) is 2.83. The number of nitrogens with one attached hydrogen (secondary N) is 2. The zero-order chi connectivity index (χ0) is 15.5. The van der Waals surface area contributed by atoms with Crippen LogP contribution in [0.25, 0.3) is 0 Å². The molecule has 0 radical (unpaired) electrons. The number of halogens is 2. The summed E-state index contributed by atoms with van der Waals surface area (Å²) in [5.41, 5.74) is -0.155. The molecule has 2 N–H and O–H groups in total. The molecular weight excluding hydrogens is 276 g/mol. The van der Waals surface area contributed by atoms with Crippen LogP contribution in [0.15, 0.2) is 6.07 Å². The number of nitrogens with zero attached hydrogens (tertiary/aromatic N) is 1. The maximum atomic E-state index is 13.9. The van der Waals surface area contributed by atoms with Crippen molar-refractivity contribution in [3.8, 4) is 0 Å². The summed E-state index contributed by atoms with van der Waals surface area (Å²) in [4.78, 5) is 3.97. The van der Waals surface area contributed by atoms with Crippen molar-refractivity contribution >= 4 is 11.6 Å². The number of hydrogen-bond acceptors (Lipinski definition) is 4. The quantitative estimate of drug-likeness (QED) is 0.873. The smallest absolute Gasteiger partial charge is 0.168 e. The summed E-state index contributed by atoms with van der Waals surface area (Å²) in [7, 11) is 1.56. The Kier molecular flexibility index (Phi) is 4.98. The molecule has 1 atom stereocenters. The molecule has 2 rings (SSSR count). The second kappa shape index (κ2) is 6.56. The van der Waals surface area contributed by atoms with Gasteiger partial charge in [-0.25, -0.2) is 13.8 Å². The van der Waals surface area contributed by atoms with Gasteiger partial charge in [-0.3, -0.25) is 0 Å². The molecule has 118 valence electrons. The molecule has 1 aliphatic heterocycles. The summed E-state index contributed by atoms with van der Waals surface area (Å²) in [5.74, 6) is -1.22. The van der Waals surface area contributed by atoms with Gasteiger partial charge in [-0.15, -0.1) is 0 Å². The van der Waals surface area contributed by atoms with E-state index in [0.29, 0.717) is 6.61 Å². The Morgan fingerprint density at radius 2 is 1.95 bits per heavy atom. The summed E-state index contributed by atoms with van der Waals surface area (Å²) < 4.78 is 33.2. The van der Waals surface area contributed by atoms with Crippen molar-refractivity contribution < 1.29 is 13.5 Å². The first-order valence-electron chi connectivity index (χ1n) is 7.48. The van der Waals surface area contributed by atoms with E-state index >= 15 is 0 Å². The third-order valence-electron chi connectivity index (χ3n) is 4.29. The van der Waals surface area contributed by atoms with Crippen LogP contribution in [0.1, 0.15) is 39.5 Å². The molecular formula is C15H23F2N3O. The summed E-state index contributed by atoms with van der Waals surface area (Å²) >= 11 is 0. The Labute approximate surface area is 124 Å². The van der Waals surface area contributed by atoms with Gasteiger partial charge in [-0.2, -0.15) is 0 Å². The minimum Gasteiger partial charge on any atom is -0.375 e. The minimum absolute atomic E-state index is 0.0446. The van der Waals surface area contributed by atoms with Gasteiger partial charge in [0.2, 0.25) is 0 Å². The van der Waals surface area contributed by atoms with Gasteiger partial charge < -0.3 is 15.4 Å². The van der Waals surface area contributed by atoms with Gasteiger partial charge in [-0.05, 0) is 25.7 Å². The third kappa shape index (κ3) is 3.43. The van der Waals surface area contributed by atoms with Crippen LogP contribution in [0.4, 0.5) is 20.4 Å². The maximum Gasteiger partial charge on any atom is 0.168 e. The number of rotatable bonds is 5. The Morgan fingerprint density at radius 1 is 1.29 bits per heavy atom. The van der Waals surface area contributed by atoms with Crippen LogP contribution in [0.5, 0.6) is 0 Å². The molecule has 1 saturated heterocycles. The molecule has 21 heavy (non-hydrogen) atoms. The molecule has 0 aromatic carbocycles. The van der Waals surface area contributed by atoms with E-state index in [1.54, 1.807) is 7.05 Å². The van der Waals surface area contributed by atoms with Crippen molar-refractivity contribution in [2.24, 2.45) is 0 Å². The van der Waals surface area contributed by atoms with Gasteiger partial charge in [0.05, 0.1) is 5.60 Å². The molecule has 1 aliphatic rings. The van der Waals surface area contributed by atoms with Crippen molar-refractivity contribution in [2.75, 3.05) is 24.3 Å². The molecule has 0 aliphatic carbocycles. The highest BCUT2D eigenvalue weighted by Gasteiger charge is 2.34. The number of anilines is 2. The summed E-state index contributed by atoms with van der Waals surface area (Å²) in [6, 6.07) is 0.934. The van der Waals surface area contributed by atoms with E-state index in [1.807, 2.05) is 0 Å². The summed E-state index contributed by atoms with van der Waals surface area (Å²) in [6.45, 7) is 4.84. The van der Waals surface area contributed by atoms with E-state index in [-0.39, 0.29) is 23.3 Å². The van der Waals surface area contributed by atoms with Crippen LogP contribution >= 0.6 is 0 Å². The number of aromatic nitrogens is 1. The van der Waals surface area contributed by atoms with Crippen LogP contribution in [0.3, 0.4) is 0 Å². The van der Waals surface area contributed by atoms with Gasteiger partial charge in [0.1, 0.15) is 0 Å². The van der Waals surface area contributed by atoms with Crippen LogP contribution < -0.4 is 10.6 Å². The lowest BCUT2D eigenvalue weighted by Gasteiger charge is -2.40. The lowest BCUT2D eigenvalue weighted by molar-refractivity contribution is -0.0865. The van der Waals surface area contributed by atoms with Gasteiger partial charge in [0.15, 0.2) is 23.3 Å².